The van der Waals surface area contributed by atoms with E-state index in [4.69, 9.17) is 0 Å². The molecule has 0 aliphatic carbocycles. The van der Waals surface area contributed by atoms with E-state index < -0.39 is 36.1 Å². The second kappa shape index (κ2) is 5.04. The minimum absolute atomic E-state index is 0.0812. The van der Waals surface area contributed by atoms with E-state index in [0.29, 0.717) is 0 Å². The van der Waals surface area contributed by atoms with E-state index in [-0.39, 0.29) is 21.2 Å². The number of hydrogen-bond donors (Lipinski definition) is 0. The van der Waals surface area contributed by atoms with Gasteiger partial charge in [0.25, 0.3) is 0 Å². The van der Waals surface area contributed by atoms with E-state index in [1.165, 1.54) is 24.3 Å². The fraction of sp³-hybridized carbons (Fsp3) is 0.273. The Hall–Kier alpha value is -2.65. The SMILES string of the molecule is O=C1CN(C(=O)C(F)(F)F)Cc2ccccc2N1[N+](=O)[O-]. The van der Waals surface area contributed by atoms with Gasteiger partial charge in [0.05, 0.1) is 0 Å². The molecule has 1 heterocycles. The van der Waals surface area contributed by atoms with Crippen molar-refractivity contribution in [3.05, 3.63) is 39.9 Å². The molecular formula is C11H8F3N3O4. The van der Waals surface area contributed by atoms with Crippen LogP contribution < -0.4 is 5.01 Å². The lowest BCUT2D eigenvalue weighted by atomic mass is 10.1. The van der Waals surface area contributed by atoms with Crippen LogP contribution >= 0.6 is 0 Å². The summed E-state index contributed by atoms with van der Waals surface area (Å²) in [7, 11) is 0. The third-order valence-corrected chi connectivity index (χ3v) is 2.84. The van der Waals surface area contributed by atoms with Crippen LogP contribution in [-0.2, 0) is 16.1 Å². The molecule has 2 rings (SSSR count). The Bertz CT molecular complexity index is 617. The molecule has 1 aromatic rings. The number of hydrogen-bond acceptors (Lipinski definition) is 4. The van der Waals surface area contributed by atoms with Gasteiger partial charge in [0, 0.05) is 12.1 Å². The van der Waals surface area contributed by atoms with Crippen LogP contribution in [0.5, 0.6) is 0 Å². The van der Waals surface area contributed by atoms with Gasteiger partial charge >= 0.3 is 18.0 Å². The van der Waals surface area contributed by atoms with Gasteiger partial charge in [-0.15, -0.1) is 0 Å². The van der Waals surface area contributed by atoms with Gasteiger partial charge in [-0.1, -0.05) is 18.2 Å². The Kier molecular flexibility index (Phi) is 3.54. The van der Waals surface area contributed by atoms with Crippen molar-refractivity contribution in [1.82, 2.24) is 4.90 Å². The van der Waals surface area contributed by atoms with Crippen LogP contribution in [0, 0.1) is 10.1 Å². The Morgan fingerprint density at radius 2 is 1.86 bits per heavy atom. The molecule has 0 fully saturated rings. The predicted octanol–water partition coefficient (Wildman–Crippen LogP) is 1.12. The number of carbonyl (C=O) groups excluding carboxylic acids is 2. The maximum Gasteiger partial charge on any atom is 0.471 e. The zero-order valence-electron chi connectivity index (χ0n) is 10.3. The number of fused-ring (bicyclic) bond motifs is 1. The Labute approximate surface area is 115 Å². The molecule has 1 aromatic carbocycles. The van der Waals surface area contributed by atoms with Crippen molar-refractivity contribution in [2.45, 2.75) is 12.7 Å². The van der Waals surface area contributed by atoms with Gasteiger partial charge in [0.1, 0.15) is 12.2 Å². The molecule has 7 nitrogen and oxygen atoms in total. The van der Waals surface area contributed by atoms with Crippen molar-refractivity contribution in [3.8, 4) is 0 Å². The summed E-state index contributed by atoms with van der Waals surface area (Å²) in [5, 5.41) is 10.1. The highest BCUT2D eigenvalue weighted by Crippen LogP contribution is 2.28. The van der Waals surface area contributed by atoms with Crippen molar-refractivity contribution in [2.75, 3.05) is 11.6 Å². The third-order valence-electron chi connectivity index (χ3n) is 2.84. The minimum Gasteiger partial charge on any atom is -0.321 e. The molecule has 0 aromatic heterocycles. The third kappa shape index (κ3) is 2.78. The average Bonchev–Trinajstić information content (AvgIpc) is 2.52. The number of hydrazine groups is 1. The zero-order valence-corrected chi connectivity index (χ0v) is 10.3. The molecule has 0 saturated carbocycles. The number of para-hydroxylation sites is 1. The van der Waals surface area contributed by atoms with Gasteiger partial charge in [0.2, 0.25) is 0 Å². The first-order valence-corrected chi connectivity index (χ1v) is 5.63. The topological polar surface area (TPSA) is 83.8 Å². The van der Waals surface area contributed by atoms with Crippen LogP contribution in [0.25, 0.3) is 0 Å². The number of amides is 2. The molecule has 0 spiro atoms. The number of nitrogens with zero attached hydrogens (tertiary/aromatic N) is 3. The van der Waals surface area contributed by atoms with Crippen molar-refractivity contribution in [3.63, 3.8) is 0 Å². The van der Waals surface area contributed by atoms with Crippen LogP contribution in [0.4, 0.5) is 18.9 Å². The monoisotopic (exact) mass is 303 g/mol. The molecule has 1 aliphatic heterocycles. The number of halogens is 3. The van der Waals surface area contributed by atoms with Crippen molar-refractivity contribution >= 4 is 17.5 Å². The molecule has 0 N–H and O–H groups in total. The smallest absolute Gasteiger partial charge is 0.321 e. The van der Waals surface area contributed by atoms with Crippen molar-refractivity contribution < 1.29 is 27.8 Å². The highest BCUT2D eigenvalue weighted by molar-refractivity contribution is 5.97. The zero-order chi connectivity index (χ0) is 15.8. The van der Waals surface area contributed by atoms with E-state index in [0.717, 1.165) is 0 Å². The second-order valence-electron chi connectivity index (χ2n) is 4.23. The van der Waals surface area contributed by atoms with Gasteiger partial charge in [-0.05, 0) is 11.1 Å². The minimum atomic E-state index is -5.15. The highest BCUT2D eigenvalue weighted by Gasteiger charge is 2.45. The first-order chi connectivity index (χ1) is 9.71. The van der Waals surface area contributed by atoms with E-state index in [2.05, 4.69) is 0 Å². The van der Waals surface area contributed by atoms with Gasteiger partial charge in [-0.2, -0.15) is 13.2 Å². The second-order valence-corrected chi connectivity index (χ2v) is 4.23. The van der Waals surface area contributed by atoms with Crippen LogP contribution in [-0.4, -0.2) is 34.5 Å². The molecular weight excluding hydrogens is 295 g/mol. The lowest BCUT2D eigenvalue weighted by molar-refractivity contribution is -0.483. The predicted molar refractivity (Wildman–Crippen MR) is 62.4 cm³/mol. The largest absolute Gasteiger partial charge is 0.471 e. The molecule has 21 heavy (non-hydrogen) atoms. The first kappa shape index (κ1) is 14.8. The summed E-state index contributed by atoms with van der Waals surface area (Å²) in [6, 6.07) is 5.41. The summed E-state index contributed by atoms with van der Waals surface area (Å²) in [6.07, 6.45) is -5.15. The Morgan fingerprint density at radius 1 is 1.24 bits per heavy atom. The number of rotatable bonds is 1. The van der Waals surface area contributed by atoms with E-state index in [1.54, 1.807) is 0 Å². The molecule has 10 heteroatoms. The summed E-state index contributed by atoms with van der Waals surface area (Å²) < 4.78 is 37.4. The summed E-state index contributed by atoms with van der Waals surface area (Å²) in [5.41, 5.74) is -0.0670. The molecule has 0 atom stereocenters. The fourth-order valence-corrected chi connectivity index (χ4v) is 1.98. The van der Waals surface area contributed by atoms with Gasteiger partial charge in [0.15, 0.2) is 5.03 Å². The van der Waals surface area contributed by atoms with E-state index >= 15 is 0 Å². The van der Waals surface area contributed by atoms with Crippen LogP contribution in [0.15, 0.2) is 24.3 Å². The highest BCUT2D eigenvalue weighted by atomic mass is 19.4. The lowest BCUT2D eigenvalue weighted by Crippen LogP contribution is -2.46. The summed E-state index contributed by atoms with van der Waals surface area (Å²) in [5.74, 6) is -3.43. The number of alkyl halides is 3. The molecule has 0 saturated heterocycles. The molecule has 0 bridgehead atoms. The Morgan fingerprint density at radius 3 is 2.43 bits per heavy atom. The molecule has 0 unspecified atom stereocenters. The molecule has 112 valence electrons. The number of carbonyl (C=O) groups is 2. The maximum atomic E-state index is 12.5. The van der Waals surface area contributed by atoms with Gasteiger partial charge < -0.3 is 4.90 Å². The molecule has 2 amide bonds. The Balaban J connectivity index is 2.46. The van der Waals surface area contributed by atoms with E-state index in [9.17, 15) is 32.9 Å². The van der Waals surface area contributed by atoms with Crippen molar-refractivity contribution in [1.29, 1.82) is 0 Å². The van der Waals surface area contributed by atoms with E-state index in [1.807, 2.05) is 0 Å². The van der Waals surface area contributed by atoms with Crippen LogP contribution in [0.1, 0.15) is 5.56 Å². The summed E-state index contributed by atoms with van der Waals surface area (Å²) in [6.45, 7) is -1.56. The standard InChI is InChI=1S/C11H8F3N3O4/c12-11(13,14)10(19)15-5-7-3-1-2-4-8(7)16(17(20)21)9(18)6-15/h1-4H,5-6H2. The summed E-state index contributed by atoms with van der Waals surface area (Å²) in [4.78, 5) is 34.2. The lowest BCUT2D eigenvalue weighted by Gasteiger charge is -2.20. The van der Waals surface area contributed by atoms with Crippen LogP contribution in [0.3, 0.4) is 0 Å². The van der Waals surface area contributed by atoms with Gasteiger partial charge in [-0.3, -0.25) is 9.59 Å². The quantitative estimate of drug-likeness (QED) is 0.575. The van der Waals surface area contributed by atoms with Gasteiger partial charge in [-0.25, -0.2) is 10.1 Å². The maximum absolute atomic E-state index is 12.5. The first-order valence-electron chi connectivity index (χ1n) is 5.63. The number of anilines is 1. The normalized spacial score (nSPS) is 15.5. The molecule has 1 aliphatic rings. The fourth-order valence-electron chi connectivity index (χ4n) is 1.98. The number of nitro groups is 1. The van der Waals surface area contributed by atoms with Crippen molar-refractivity contribution in [2.24, 2.45) is 0 Å². The molecule has 0 radical (unpaired) electrons. The average molecular weight is 303 g/mol. The number of benzene rings is 1. The van der Waals surface area contributed by atoms with Crippen LogP contribution in [0.2, 0.25) is 0 Å². The summed E-state index contributed by atoms with van der Waals surface area (Å²) >= 11 is 0.